The molecule has 4 aliphatic carbocycles. The van der Waals surface area contributed by atoms with Crippen molar-refractivity contribution in [3.8, 4) is 5.75 Å². The maximum absolute atomic E-state index is 12.7. The number of carbonyl (C=O) groups is 3. The van der Waals surface area contributed by atoms with Gasteiger partial charge in [0.15, 0.2) is 11.9 Å². The number of ketones is 1. The molecule has 2 bridgehead atoms. The summed E-state index contributed by atoms with van der Waals surface area (Å²) in [6.45, 7) is -0.244. The minimum atomic E-state index is -4.67. The Morgan fingerprint density at radius 3 is 2.47 bits per heavy atom. The Labute approximate surface area is 197 Å². The standard InChI is InChI=1S/C22H22ClF3N2O6/c23-11-1-2-16-14(3-11)15(29)6-17(33-16)19(31)28-21-8-20(9-21,10-21)27-18(30)7-32-12-4-13(5-12)34-22(24,25)26/h1-3,12-13,17H,4-10H2,(H,27,30)(H,28,31)/t12-,13+,17-,20?,21?/m1/s1. The lowest BCUT2D eigenvalue weighted by molar-refractivity contribution is -0.357. The van der Waals surface area contributed by atoms with Crippen LogP contribution in [-0.4, -0.2) is 60.0 Å². The van der Waals surface area contributed by atoms with Crippen LogP contribution in [0.2, 0.25) is 5.02 Å². The lowest BCUT2D eigenvalue weighted by atomic mass is 9.44. The number of carbonyl (C=O) groups excluding carboxylic acids is 3. The molecule has 0 aromatic heterocycles. The number of benzene rings is 1. The van der Waals surface area contributed by atoms with E-state index < -0.39 is 35.8 Å². The number of halogens is 4. The molecule has 0 unspecified atom stereocenters. The molecular weight excluding hydrogens is 481 g/mol. The molecule has 12 heteroatoms. The van der Waals surface area contributed by atoms with Crippen molar-refractivity contribution in [1.82, 2.24) is 10.6 Å². The summed E-state index contributed by atoms with van der Waals surface area (Å²) in [5.41, 5.74) is -0.494. The average Bonchev–Trinajstić information content (AvgIpc) is 2.66. The lowest BCUT2D eigenvalue weighted by Gasteiger charge is -2.70. The lowest BCUT2D eigenvalue weighted by Crippen LogP contribution is -2.84. The van der Waals surface area contributed by atoms with Crippen LogP contribution in [0, 0.1) is 0 Å². The fraction of sp³-hybridized carbons (Fsp3) is 0.591. The van der Waals surface area contributed by atoms with Gasteiger partial charge in [-0.1, -0.05) is 11.6 Å². The molecule has 184 valence electrons. The molecule has 5 aliphatic rings. The summed E-state index contributed by atoms with van der Waals surface area (Å²) in [5.74, 6) is -0.619. The summed E-state index contributed by atoms with van der Waals surface area (Å²) in [7, 11) is 0. The maximum Gasteiger partial charge on any atom is 0.522 e. The van der Waals surface area contributed by atoms with Gasteiger partial charge in [-0.25, -0.2) is 0 Å². The van der Waals surface area contributed by atoms with Gasteiger partial charge in [0.05, 0.1) is 24.2 Å². The molecule has 0 saturated heterocycles. The summed E-state index contributed by atoms with van der Waals surface area (Å²) in [4.78, 5) is 37.3. The van der Waals surface area contributed by atoms with E-state index in [0.717, 1.165) is 0 Å². The highest BCUT2D eigenvalue weighted by Gasteiger charge is 2.69. The van der Waals surface area contributed by atoms with Gasteiger partial charge in [0.25, 0.3) is 5.91 Å². The summed E-state index contributed by atoms with van der Waals surface area (Å²) in [5, 5.41) is 6.26. The smallest absolute Gasteiger partial charge is 0.479 e. The number of rotatable bonds is 7. The second-order valence-corrected chi connectivity index (χ2v) is 10.0. The average molecular weight is 503 g/mol. The van der Waals surface area contributed by atoms with E-state index >= 15 is 0 Å². The van der Waals surface area contributed by atoms with E-state index in [4.69, 9.17) is 21.1 Å². The normalized spacial score (nSPS) is 33.4. The number of ether oxygens (including phenoxy) is 3. The zero-order valence-electron chi connectivity index (χ0n) is 17.9. The van der Waals surface area contributed by atoms with Crippen LogP contribution in [-0.2, 0) is 19.1 Å². The molecule has 0 spiro atoms. The molecule has 2 amide bonds. The minimum absolute atomic E-state index is 0.0789. The molecule has 4 fully saturated rings. The van der Waals surface area contributed by atoms with Crippen molar-refractivity contribution in [2.45, 2.75) is 74.3 Å². The number of nitrogens with one attached hydrogen (secondary N) is 2. The van der Waals surface area contributed by atoms with Gasteiger partial charge in [-0.3, -0.25) is 19.1 Å². The Bertz CT molecular complexity index is 1020. The molecule has 34 heavy (non-hydrogen) atoms. The van der Waals surface area contributed by atoms with Gasteiger partial charge >= 0.3 is 6.36 Å². The van der Waals surface area contributed by atoms with Gasteiger partial charge in [-0.15, -0.1) is 13.2 Å². The van der Waals surface area contributed by atoms with Crippen molar-refractivity contribution in [3.05, 3.63) is 28.8 Å². The summed E-state index contributed by atoms with van der Waals surface area (Å²) in [6, 6.07) is 4.67. The van der Waals surface area contributed by atoms with E-state index in [-0.39, 0.29) is 43.5 Å². The number of alkyl halides is 3. The third-order valence-corrected chi connectivity index (χ3v) is 7.03. The summed E-state index contributed by atoms with van der Waals surface area (Å²) in [6.07, 6.45) is -5.20. The van der Waals surface area contributed by atoms with Crippen LogP contribution < -0.4 is 15.4 Å². The van der Waals surface area contributed by atoms with Gasteiger partial charge in [-0.2, -0.15) is 0 Å². The molecule has 6 rings (SSSR count). The first-order chi connectivity index (χ1) is 15.9. The van der Waals surface area contributed by atoms with E-state index in [1.165, 1.54) is 6.07 Å². The van der Waals surface area contributed by atoms with Crippen LogP contribution in [0.15, 0.2) is 18.2 Å². The van der Waals surface area contributed by atoms with E-state index in [1.807, 2.05) is 0 Å². The number of amides is 2. The van der Waals surface area contributed by atoms with Crippen LogP contribution in [0.1, 0.15) is 48.9 Å². The number of hydrogen-bond acceptors (Lipinski definition) is 6. The fourth-order valence-electron chi connectivity index (χ4n) is 5.30. The molecule has 1 aromatic carbocycles. The van der Waals surface area contributed by atoms with Gasteiger partial charge < -0.3 is 20.1 Å². The first kappa shape index (κ1) is 23.4. The van der Waals surface area contributed by atoms with Crippen molar-refractivity contribution >= 4 is 29.2 Å². The SMILES string of the molecule is O=C(CO[C@H]1C[C@@H](OC(F)(F)F)C1)NC12CC(NC(=O)[C@H]3CC(=O)c4cc(Cl)ccc4O3)(C1)C2. The Kier molecular flexibility index (Phi) is 5.57. The largest absolute Gasteiger partial charge is 0.522 e. The third kappa shape index (κ3) is 4.60. The van der Waals surface area contributed by atoms with E-state index in [2.05, 4.69) is 15.4 Å². The third-order valence-electron chi connectivity index (χ3n) is 6.80. The highest BCUT2D eigenvalue weighted by Crippen LogP contribution is 2.60. The molecule has 1 atom stereocenters. The van der Waals surface area contributed by atoms with Gasteiger partial charge in [0.1, 0.15) is 12.4 Å². The van der Waals surface area contributed by atoms with Gasteiger partial charge in [-0.05, 0) is 37.5 Å². The van der Waals surface area contributed by atoms with Crippen molar-refractivity contribution in [1.29, 1.82) is 0 Å². The van der Waals surface area contributed by atoms with Gasteiger partial charge in [0, 0.05) is 28.9 Å². The zero-order valence-corrected chi connectivity index (χ0v) is 18.6. The van der Waals surface area contributed by atoms with E-state index in [1.54, 1.807) is 12.1 Å². The zero-order chi connectivity index (χ0) is 24.3. The quantitative estimate of drug-likeness (QED) is 0.594. The van der Waals surface area contributed by atoms with Crippen LogP contribution >= 0.6 is 11.6 Å². The predicted molar refractivity (Wildman–Crippen MR) is 110 cm³/mol. The van der Waals surface area contributed by atoms with Crippen molar-refractivity contribution in [2.75, 3.05) is 6.61 Å². The highest BCUT2D eigenvalue weighted by atomic mass is 35.5. The molecule has 1 heterocycles. The van der Waals surface area contributed by atoms with Crippen LogP contribution in [0.3, 0.4) is 0 Å². The van der Waals surface area contributed by atoms with Crippen LogP contribution in [0.25, 0.3) is 0 Å². The topological polar surface area (TPSA) is 103 Å². The van der Waals surface area contributed by atoms with Gasteiger partial charge in [0.2, 0.25) is 5.91 Å². The Morgan fingerprint density at radius 1 is 1.12 bits per heavy atom. The second kappa shape index (κ2) is 8.10. The Hall–Kier alpha value is -2.37. The molecular formula is C22H22ClF3N2O6. The Morgan fingerprint density at radius 2 is 1.79 bits per heavy atom. The monoisotopic (exact) mass is 502 g/mol. The number of Topliss-reactive ketones (excluding diaryl/α,β-unsaturated/α-hetero) is 1. The van der Waals surface area contributed by atoms with Crippen molar-refractivity contribution in [3.63, 3.8) is 0 Å². The fourth-order valence-corrected chi connectivity index (χ4v) is 5.47. The van der Waals surface area contributed by atoms with Crippen molar-refractivity contribution < 1.29 is 41.8 Å². The van der Waals surface area contributed by atoms with Crippen LogP contribution in [0.5, 0.6) is 5.75 Å². The Balaban J connectivity index is 1.03. The highest BCUT2D eigenvalue weighted by molar-refractivity contribution is 6.31. The second-order valence-electron chi connectivity index (χ2n) is 9.59. The molecule has 4 saturated carbocycles. The molecule has 8 nitrogen and oxygen atoms in total. The summed E-state index contributed by atoms with van der Waals surface area (Å²) < 4.78 is 51.3. The predicted octanol–water partition coefficient (Wildman–Crippen LogP) is 2.67. The number of hydrogen-bond donors (Lipinski definition) is 2. The molecule has 2 N–H and O–H groups in total. The minimum Gasteiger partial charge on any atom is -0.479 e. The first-order valence-corrected chi connectivity index (χ1v) is 11.3. The molecule has 0 radical (unpaired) electrons. The van der Waals surface area contributed by atoms with E-state index in [0.29, 0.717) is 35.6 Å². The maximum atomic E-state index is 12.7. The summed E-state index contributed by atoms with van der Waals surface area (Å²) >= 11 is 5.91. The van der Waals surface area contributed by atoms with Crippen molar-refractivity contribution in [2.24, 2.45) is 0 Å². The van der Waals surface area contributed by atoms with Crippen LogP contribution in [0.4, 0.5) is 13.2 Å². The van der Waals surface area contributed by atoms with E-state index in [9.17, 15) is 27.6 Å². The number of fused-ring (bicyclic) bond motifs is 1. The first-order valence-electron chi connectivity index (χ1n) is 10.9. The molecule has 1 aliphatic heterocycles. The molecule has 1 aromatic rings.